The fourth-order valence-electron chi connectivity index (χ4n) is 4.51. The highest BCUT2D eigenvalue weighted by molar-refractivity contribution is 5.67. The quantitative estimate of drug-likeness (QED) is 0.421. The molecule has 2 atom stereocenters. The maximum Gasteiger partial charge on any atom is 0.405 e. The number of carbonyl (C=O) groups is 1. The summed E-state index contributed by atoms with van der Waals surface area (Å²) in [5.74, 6) is -0.769. The van der Waals surface area contributed by atoms with E-state index in [-0.39, 0.29) is 71.1 Å². The lowest BCUT2D eigenvalue weighted by Gasteiger charge is -2.49. The number of ether oxygens (including phenoxy) is 3. The summed E-state index contributed by atoms with van der Waals surface area (Å²) in [5.41, 5.74) is -4.37. The Morgan fingerprint density at radius 2 is 1.48 bits per heavy atom. The number of aldehydes is 1. The van der Waals surface area contributed by atoms with Gasteiger partial charge in [-0.25, -0.2) is 4.39 Å². The molecule has 6 nitrogen and oxygen atoms in total. The van der Waals surface area contributed by atoms with Gasteiger partial charge in [-0.05, 0) is 23.3 Å². The van der Waals surface area contributed by atoms with Crippen LogP contribution in [0.1, 0.15) is 45.1 Å². The standard InChI is InChI=1S/C23H24F4O6/c1-31-9-13-7-15(6-12(4-5-28)19(13)29)22(23(25,26)27)17-8-14(10-32-2)20(30)16(11-33-3)18(17)21(22)24/h5-8,21,29-30H,4,9-11H2,1-3H3/t21-,22?/m0/s1. The van der Waals surface area contributed by atoms with Gasteiger partial charge in [-0.2, -0.15) is 13.2 Å². The molecule has 1 aliphatic rings. The Bertz CT molecular complexity index is 1050. The molecule has 2 aromatic carbocycles. The van der Waals surface area contributed by atoms with Gasteiger partial charge in [0, 0.05) is 55.6 Å². The molecular formula is C23H24F4O6. The van der Waals surface area contributed by atoms with Crippen LogP contribution in [-0.2, 0) is 50.7 Å². The summed E-state index contributed by atoms with van der Waals surface area (Å²) in [5, 5.41) is 20.9. The van der Waals surface area contributed by atoms with Crippen LogP contribution in [0.3, 0.4) is 0 Å². The van der Waals surface area contributed by atoms with Crippen molar-refractivity contribution in [2.24, 2.45) is 0 Å². The van der Waals surface area contributed by atoms with Gasteiger partial charge in [0.15, 0.2) is 5.41 Å². The van der Waals surface area contributed by atoms with Crippen molar-refractivity contribution < 1.29 is 46.8 Å². The highest BCUT2D eigenvalue weighted by Crippen LogP contribution is 2.66. The molecule has 0 saturated heterocycles. The molecule has 0 spiro atoms. The van der Waals surface area contributed by atoms with Crippen LogP contribution in [0.15, 0.2) is 18.2 Å². The number of fused-ring (bicyclic) bond motifs is 1. The minimum absolute atomic E-state index is 0.0101. The molecule has 1 aliphatic carbocycles. The first-order chi connectivity index (χ1) is 15.6. The van der Waals surface area contributed by atoms with Gasteiger partial charge < -0.3 is 29.2 Å². The lowest BCUT2D eigenvalue weighted by atomic mass is 9.56. The first-order valence-electron chi connectivity index (χ1n) is 9.94. The monoisotopic (exact) mass is 472 g/mol. The highest BCUT2D eigenvalue weighted by Gasteiger charge is 2.70. The summed E-state index contributed by atoms with van der Waals surface area (Å²) < 4.78 is 74.9. The van der Waals surface area contributed by atoms with E-state index in [4.69, 9.17) is 14.2 Å². The molecule has 180 valence electrons. The third-order valence-electron chi connectivity index (χ3n) is 5.94. The van der Waals surface area contributed by atoms with Crippen molar-refractivity contribution in [3.63, 3.8) is 0 Å². The van der Waals surface area contributed by atoms with E-state index in [1.807, 2.05) is 0 Å². The van der Waals surface area contributed by atoms with E-state index < -0.39 is 23.3 Å². The Balaban J connectivity index is 2.39. The van der Waals surface area contributed by atoms with Crippen LogP contribution < -0.4 is 0 Å². The largest absolute Gasteiger partial charge is 0.507 e. The number of phenols is 2. The van der Waals surface area contributed by atoms with Gasteiger partial charge in [-0.3, -0.25) is 0 Å². The van der Waals surface area contributed by atoms with Crippen molar-refractivity contribution in [2.45, 2.75) is 44.0 Å². The topological polar surface area (TPSA) is 85.2 Å². The van der Waals surface area contributed by atoms with Gasteiger partial charge in [-0.15, -0.1) is 0 Å². The molecule has 33 heavy (non-hydrogen) atoms. The maximum atomic E-state index is 15.7. The van der Waals surface area contributed by atoms with Crippen molar-refractivity contribution in [3.05, 3.63) is 57.1 Å². The molecule has 1 unspecified atom stereocenters. The van der Waals surface area contributed by atoms with Crippen LogP contribution in [0.2, 0.25) is 0 Å². The molecule has 2 aromatic rings. The molecule has 0 amide bonds. The fraction of sp³-hybridized carbons (Fsp3) is 0.435. The van der Waals surface area contributed by atoms with Crippen molar-refractivity contribution >= 4 is 6.29 Å². The van der Waals surface area contributed by atoms with Crippen LogP contribution in [0.25, 0.3) is 0 Å². The number of phenolic OH excluding ortho intramolecular Hbond substituents is 2. The average Bonchev–Trinajstić information content (AvgIpc) is 2.74. The first-order valence-corrected chi connectivity index (χ1v) is 9.94. The second-order valence-electron chi connectivity index (χ2n) is 7.81. The third-order valence-corrected chi connectivity index (χ3v) is 5.94. The maximum absolute atomic E-state index is 15.7. The lowest BCUT2D eigenvalue weighted by Crippen LogP contribution is -2.54. The summed E-state index contributed by atoms with van der Waals surface area (Å²) in [6.45, 7) is -0.759. The zero-order chi connectivity index (χ0) is 24.6. The smallest absolute Gasteiger partial charge is 0.405 e. The highest BCUT2D eigenvalue weighted by atomic mass is 19.4. The number of rotatable bonds is 9. The molecule has 3 rings (SSSR count). The first kappa shape index (κ1) is 24.9. The average molecular weight is 472 g/mol. The van der Waals surface area contributed by atoms with Gasteiger partial charge in [-0.1, -0.05) is 6.07 Å². The van der Waals surface area contributed by atoms with Crippen molar-refractivity contribution in [3.8, 4) is 11.5 Å². The molecular weight excluding hydrogens is 448 g/mol. The number of halogens is 4. The molecule has 10 heteroatoms. The van der Waals surface area contributed by atoms with E-state index in [1.165, 1.54) is 21.3 Å². The predicted octanol–water partition coefficient (Wildman–Crippen LogP) is 4.15. The third kappa shape index (κ3) is 3.75. The van der Waals surface area contributed by atoms with Crippen molar-refractivity contribution in [1.82, 2.24) is 0 Å². The normalized spacial score (nSPS) is 19.8. The molecule has 0 aromatic heterocycles. The van der Waals surface area contributed by atoms with Crippen molar-refractivity contribution in [1.29, 1.82) is 0 Å². The zero-order valence-electron chi connectivity index (χ0n) is 18.3. The van der Waals surface area contributed by atoms with Crippen LogP contribution >= 0.6 is 0 Å². The van der Waals surface area contributed by atoms with Gasteiger partial charge >= 0.3 is 6.18 Å². The Morgan fingerprint density at radius 1 is 0.939 bits per heavy atom. The van der Waals surface area contributed by atoms with Gasteiger partial charge in [0.05, 0.1) is 19.8 Å². The van der Waals surface area contributed by atoms with Gasteiger partial charge in [0.1, 0.15) is 24.0 Å². The van der Waals surface area contributed by atoms with E-state index in [2.05, 4.69) is 0 Å². The zero-order valence-corrected chi connectivity index (χ0v) is 18.3. The van der Waals surface area contributed by atoms with Crippen LogP contribution in [-0.4, -0.2) is 44.0 Å². The SMILES string of the molecule is COCc1cc(C2(C(F)(F)F)c3cc(COC)c(O)c(COC)c3[C@@H]2F)cc(CC=O)c1O. The summed E-state index contributed by atoms with van der Waals surface area (Å²) in [4.78, 5) is 11.1. The lowest BCUT2D eigenvalue weighted by molar-refractivity contribution is -0.206. The predicted molar refractivity (Wildman–Crippen MR) is 109 cm³/mol. The summed E-state index contributed by atoms with van der Waals surface area (Å²) in [6.07, 6.45) is -7.59. The summed E-state index contributed by atoms with van der Waals surface area (Å²) >= 11 is 0. The fourth-order valence-corrected chi connectivity index (χ4v) is 4.51. The van der Waals surface area contributed by atoms with E-state index in [1.54, 1.807) is 0 Å². The van der Waals surface area contributed by atoms with Crippen molar-refractivity contribution in [2.75, 3.05) is 21.3 Å². The van der Waals surface area contributed by atoms with Crippen LogP contribution in [0.4, 0.5) is 17.6 Å². The van der Waals surface area contributed by atoms with E-state index in [0.717, 1.165) is 18.2 Å². The Kier molecular flexibility index (Phi) is 7.01. The minimum Gasteiger partial charge on any atom is -0.507 e. The number of carbonyl (C=O) groups excluding carboxylic acids is 1. The van der Waals surface area contributed by atoms with E-state index in [9.17, 15) is 28.2 Å². The van der Waals surface area contributed by atoms with Crippen LogP contribution in [0, 0.1) is 0 Å². The number of benzene rings is 2. The summed E-state index contributed by atoms with van der Waals surface area (Å²) in [7, 11) is 3.88. The van der Waals surface area contributed by atoms with Gasteiger partial charge in [0.2, 0.25) is 0 Å². The number of hydrogen-bond acceptors (Lipinski definition) is 6. The molecule has 0 saturated carbocycles. The molecule has 0 bridgehead atoms. The second kappa shape index (κ2) is 9.28. The molecule has 0 fully saturated rings. The van der Waals surface area contributed by atoms with Crippen LogP contribution in [0.5, 0.6) is 11.5 Å². The number of methoxy groups -OCH3 is 3. The second-order valence-corrected chi connectivity index (χ2v) is 7.81. The van der Waals surface area contributed by atoms with E-state index >= 15 is 4.39 Å². The minimum atomic E-state index is -5.09. The molecule has 0 aliphatic heterocycles. The molecule has 0 radical (unpaired) electrons. The Morgan fingerprint density at radius 3 is 2.00 bits per heavy atom. The Hall–Kier alpha value is -2.69. The number of hydrogen-bond donors (Lipinski definition) is 2. The number of alkyl halides is 4. The summed E-state index contributed by atoms with van der Waals surface area (Å²) in [6, 6.07) is 3.11. The van der Waals surface area contributed by atoms with Gasteiger partial charge in [0.25, 0.3) is 0 Å². The Labute approximate surface area is 187 Å². The molecule has 0 heterocycles. The van der Waals surface area contributed by atoms with E-state index in [0.29, 0.717) is 6.29 Å². The molecule has 2 N–H and O–H groups in total. The number of aromatic hydroxyl groups is 2.